The summed E-state index contributed by atoms with van der Waals surface area (Å²) >= 11 is 0. The molecule has 6 heteroatoms. The van der Waals surface area contributed by atoms with Crippen LogP contribution < -0.4 is 0 Å². The van der Waals surface area contributed by atoms with Crippen molar-refractivity contribution in [2.24, 2.45) is 0 Å². The molecule has 126 valence electrons. The normalized spacial score (nSPS) is 21.2. The lowest BCUT2D eigenvalue weighted by atomic mass is 10.1. The zero-order valence-electron chi connectivity index (χ0n) is 13.8. The number of likely N-dealkylation sites (tertiary alicyclic amines) is 1. The van der Waals surface area contributed by atoms with Gasteiger partial charge in [-0.2, -0.15) is 5.10 Å². The highest BCUT2D eigenvalue weighted by molar-refractivity contribution is 5.77. The van der Waals surface area contributed by atoms with Crippen molar-refractivity contribution in [2.45, 2.75) is 38.4 Å². The summed E-state index contributed by atoms with van der Waals surface area (Å²) in [6.45, 7) is 4.57. The first-order valence-electron chi connectivity index (χ1n) is 8.71. The van der Waals surface area contributed by atoms with E-state index in [-0.39, 0.29) is 0 Å². The number of aromatic nitrogens is 3. The predicted molar refractivity (Wildman–Crippen MR) is 90.0 cm³/mol. The Morgan fingerprint density at radius 1 is 1.17 bits per heavy atom. The first-order valence-corrected chi connectivity index (χ1v) is 8.71. The molecule has 0 unspecified atom stereocenters. The molecular weight excluding hydrogens is 302 g/mol. The minimum Gasteiger partial charge on any atom is -0.343 e. The number of carbonyl (C=O) groups is 1. The van der Waals surface area contributed by atoms with Gasteiger partial charge in [0.15, 0.2) is 0 Å². The summed E-state index contributed by atoms with van der Waals surface area (Å²) in [4.78, 5) is 20.4. The van der Waals surface area contributed by atoms with Crippen LogP contribution in [0.4, 0.5) is 0 Å². The second-order valence-corrected chi connectivity index (χ2v) is 6.72. The van der Waals surface area contributed by atoms with Gasteiger partial charge in [0.25, 0.3) is 0 Å². The molecule has 4 rings (SSSR count). The fourth-order valence-electron chi connectivity index (χ4n) is 3.79. The second kappa shape index (κ2) is 6.73. The predicted octanol–water partition coefficient (Wildman–Crippen LogP) is 1.85. The quantitative estimate of drug-likeness (QED) is 0.842. The van der Waals surface area contributed by atoms with Gasteiger partial charge in [-0.1, -0.05) is 0 Å². The van der Waals surface area contributed by atoms with Crippen molar-refractivity contribution in [1.29, 1.82) is 0 Å². The molecule has 0 aromatic carbocycles. The van der Waals surface area contributed by atoms with Crippen LogP contribution >= 0.6 is 0 Å². The molecule has 2 aliphatic rings. The van der Waals surface area contributed by atoms with Crippen LogP contribution in [0.5, 0.6) is 0 Å². The van der Waals surface area contributed by atoms with Gasteiger partial charge in [0.05, 0.1) is 11.7 Å². The molecule has 0 radical (unpaired) electrons. The summed E-state index contributed by atoms with van der Waals surface area (Å²) in [7, 11) is 0. The minimum absolute atomic E-state index is 0.306. The SMILES string of the molecule is O=C1CCCN1CC[C@H]1CN(Cc2ccncc2)Cc2ccnn21. The first kappa shape index (κ1) is 15.3. The van der Waals surface area contributed by atoms with Gasteiger partial charge in [-0.25, -0.2) is 0 Å². The summed E-state index contributed by atoms with van der Waals surface area (Å²) < 4.78 is 2.16. The van der Waals surface area contributed by atoms with Gasteiger partial charge in [-0.3, -0.25) is 19.4 Å². The van der Waals surface area contributed by atoms with E-state index in [1.54, 1.807) is 0 Å². The number of amides is 1. The standard InChI is InChI=1S/C18H23N5O/c24-18-2-1-10-22(18)11-6-17-14-21(12-15-3-7-19-8-4-15)13-16-5-9-20-23(16)17/h3-5,7-9,17H,1-2,6,10-14H2/t17-/m0/s1. The van der Waals surface area contributed by atoms with Crippen molar-refractivity contribution < 1.29 is 4.79 Å². The second-order valence-electron chi connectivity index (χ2n) is 6.72. The van der Waals surface area contributed by atoms with E-state index in [0.717, 1.165) is 45.6 Å². The van der Waals surface area contributed by atoms with Gasteiger partial charge >= 0.3 is 0 Å². The lowest BCUT2D eigenvalue weighted by Gasteiger charge is -2.34. The highest BCUT2D eigenvalue weighted by Crippen LogP contribution is 2.25. The molecule has 4 heterocycles. The average Bonchev–Trinajstić information content (AvgIpc) is 3.22. The highest BCUT2D eigenvalue weighted by atomic mass is 16.2. The molecule has 0 N–H and O–H groups in total. The van der Waals surface area contributed by atoms with Crippen molar-refractivity contribution in [3.63, 3.8) is 0 Å². The molecular formula is C18H23N5O. The monoisotopic (exact) mass is 325 g/mol. The minimum atomic E-state index is 0.306. The van der Waals surface area contributed by atoms with Gasteiger partial charge in [-0.05, 0) is 36.6 Å². The molecule has 0 saturated carbocycles. The number of hydrogen-bond donors (Lipinski definition) is 0. The van der Waals surface area contributed by atoms with E-state index in [1.165, 1.54) is 11.3 Å². The van der Waals surface area contributed by atoms with E-state index in [4.69, 9.17) is 0 Å². The molecule has 0 aliphatic carbocycles. The zero-order valence-corrected chi connectivity index (χ0v) is 13.8. The fraction of sp³-hybridized carbons (Fsp3) is 0.500. The average molecular weight is 325 g/mol. The van der Waals surface area contributed by atoms with E-state index in [0.29, 0.717) is 18.4 Å². The third-order valence-corrected chi connectivity index (χ3v) is 5.01. The number of pyridine rings is 1. The molecule has 6 nitrogen and oxygen atoms in total. The first-order chi connectivity index (χ1) is 11.8. The van der Waals surface area contributed by atoms with Crippen molar-refractivity contribution in [3.8, 4) is 0 Å². The van der Waals surface area contributed by atoms with Crippen molar-refractivity contribution >= 4 is 5.91 Å². The van der Waals surface area contributed by atoms with Crippen molar-refractivity contribution in [2.75, 3.05) is 19.6 Å². The van der Waals surface area contributed by atoms with Crippen LogP contribution in [0.1, 0.15) is 36.6 Å². The smallest absolute Gasteiger partial charge is 0.222 e. The van der Waals surface area contributed by atoms with Crippen molar-refractivity contribution in [3.05, 3.63) is 48.0 Å². The Bertz CT molecular complexity index is 698. The molecule has 1 fully saturated rings. The van der Waals surface area contributed by atoms with E-state index in [9.17, 15) is 4.79 Å². The summed E-state index contributed by atoms with van der Waals surface area (Å²) in [5, 5.41) is 4.52. The summed E-state index contributed by atoms with van der Waals surface area (Å²) in [6, 6.07) is 6.58. The van der Waals surface area contributed by atoms with Crippen LogP contribution in [0.3, 0.4) is 0 Å². The lowest BCUT2D eigenvalue weighted by molar-refractivity contribution is -0.127. The molecule has 1 amide bonds. The Labute approximate surface area is 142 Å². The zero-order chi connectivity index (χ0) is 16.4. The van der Waals surface area contributed by atoms with Crippen LogP contribution in [-0.2, 0) is 17.9 Å². The fourth-order valence-corrected chi connectivity index (χ4v) is 3.79. The van der Waals surface area contributed by atoms with Gasteiger partial charge in [-0.15, -0.1) is 0 Å². The maximum Gasteiger partial charge on any atom is 0.222 e. The number of nitrogens with zero attached hydrogens (tertiary/aromatic N) is 5. The van der Waals surface area contributed by atoms with Crippen molar-refractivity contribution in [1.82, 2.24) is 24.6 Å². The summed E-state index contributed by atoms with van der Waals surface area (Å²) in [5.41, 5.74) is 2.54. The largest absolute Gasteiger partial charge is 0.343 e. The van der Waals surface area contributed by atoms with Crippen LogP contribution in [-0.4, -0.2) is 50.1 Å². The number of rotatable bonds is 5. The lowest BCUT2D eigenvalue weighted by Crippen LogP contribution is -2.39. The maximum atomic E-state index is 11.8. The maximum absolute atomic E-state index is 11.8. The number of carbonyl (C=O) groups excluding carboxylic acids is 1. The van der Waals surface area contributed by atoms with Gasteiger partial charge in [0, 0.05) is 57.7 Å². The van der Waals surface area contributed by atoms with E-state index >= 15 is 0 Å². The Morgan fingerprint density at radius 2 is 2.04 bits per heavy atom. The Kier molecular flexibility index (Phi) is 4.30. The van der Waals surface area contributed by atoms with Gasteiger partial charge in [0.1, 0.15) is 0 Å². The van der Waals surface area contributed by atoms with Gasteiger partial charge in [0.2, 0.25) is 5.91 Å². The van der Waals surface area contributed by atoms with Crippen LogP contribution in [0.25, 0.3) is 0 Å². The molecule has 0 spiro atoms. The number of fused-ring (bicyclic) bond motifs is 1. The van der Waals surface area contributed by atoms with E-state index in [2.05, 4.69) is 37.9 Å². The summed E-state index contributed by atoms with van der Waals surface area (Å²) in [6.07, 6.45) is 8.27. The van der Waals surface area contributed by atoms with Crippen LogP contribution in [0, 0.1) is 0 Å². The van der Waals surface area contributed by atoms with E-state index < -0.39 is 0 Å². The molecule has 0 bridgehead atoms. The molecule has 24 heavy (non-hydrogen) atoms. The molecule has 2 aromatic rings. The van der Waals surface area contributed by atoms with Crippen LogP contribution in [0.2, 0.25) is 0 Å². The van der Waals surface area contributed by atoms with E-state index in [1.807, 2.05) is 23.5 Å². The highest BCUT2D eigenvalue weighted by Gasteiger charge is 2.27. The Morgan fingerprint density at radius 3 is 2.83 bits per heavy atom. The Balaban J connectivity index is 1.44. The third-order valence-electron chi connectivity index (χ3n) is 5.01. The third kappa shape index (κ3) is 3.19. The molecule has 1 atom stereocenters. The van der Waals surface area contributed by atoms with Crippen LogP contribution in [0.15, 0.2) is 36.8 Å². The molecule has 2 aromatic heterocycles. The summed E-state index contributed by atoms with van der Waals surface area (Å²) in [5.74, 6) is 0.306. The number of hydrogen-bond acceptors (Lipinski definition) is 4. The topological polar surface area (TPSA) is 54.3 Å². The Hall–Kier alpha value is -2.21. The molecule has 1 saturated heterocycles. The van der Waals surface area contributed by atoms with Gasteiger partial charge < -0.3 is 4.90 Å². The molecule has 2 aliphatic heterocycles.